The first-order chi connectivity index (χ1) is 12.0. The molecule has 130 valence electrons. The van der Waals surface area contributed by atoms with Crippen LogP contribution < -0.4 is 9.54 Å². The number of nitrogens with zero attached hydrogens (tertiary/aromatic N) is 2. The molecule has 0 saturated heterocycles. The van der Waals surface area contributed by atoms with E-state index in [9.17, 15) is 13.6 Å². The fourth-order valence-corrected chi connectivity index (χ4v) is 3.60. The summed E-state index contributed by atoms with van der Waals surface area (Å²) in [5, 5.41) is 0.562. The van der Waals surface area contributed by atoms with Crippen molar-refractivity contribution >= 4 is 39.1 Å². The first-order valence-corrected chi connectivity index (χ1v) is 8.61. The Labute approximate surface area is 151 Å². The molecule has 0 aliphatic rings. The summed E-state index contributed by atoms with van der Waals surface area (Å²) in [4.78, 5) is 16.3. The van der Waals surface area contributed by atoms with Crippen LogP contribution in [0.2, 0.25) is 5.02 Å². The van der Waals surface area contributed by atoms with Gasteiger partial charge in [-0.05, 0) is 37.3 Å². The molecule has 1 amide bonds. The average molecular weight is 383 g/mol. The molecule has 1 heterocycles. The minimum atomic E-state index is -0.681. The van der Waals surface area contributed by atoms with E-state index in [1.54, 1.807) is 31.2 Å². The predicted octanol–water partition coefficient (Wildman–Crippen LogP) is 4.16. The lowest BCUT2D eigenvalue weighted by Crippen LogP contribution is -2.19. The Hall–Kier alpha value is -2.25. The first-order valence-electron chi connectivity index (χ1n) is 7.42. The van der Waals surface area contributed by atoms with Crippen molar-refractivity contribution in [3.05, 3.63) is 57.9 Å². The van der Waals surface area contributed by atoms with Gasteiger partial charge in [0.15, 0.2) is 17.2 Å². The molecule has 0 unspecified atom stereocenters. The first kappa shape index (κ1) is 17.6. The number of fused-ring (bicyclic) bond motifs is 1. The van der Waals surface area contributed by atoms with Gasteiger partial charge in [0.1, 0.15) is 11.6 Å². The quantitative estimate of drug-likeness (QED) is 0.680. The second kappa shape index (κ2) is 7.33. The number of halogens is 3. The van der Waals surface area contributed by atoms with Crippen molar-refractivity contribution in [3.63, 3.8) is 0 Å². The van der Waals surface area contributed by atoms with E-state index < -0.39 is 17.5 Å². The second-order valence-electron chi connectivity index (χ2n) is 5.11. The highest BCUT2D eigenvalue weighted by atomic mass is 35.5. The summed E-state index contributed by atoms with van der Waals surface area (Å²) in [6, 6.07) is 8.61. The van der Waals surface area contributed by atoms with E-state index >= 15 is 0 Å². The third-order valence-corrected chi connectivity index (χ3v) is 4.69. The molecule has 0 N–H and O–H groups in total. The molecule has 4 nitrogen and oxygen atoms in total. The number of aryl methyl sites for hydroxylation is 1. The van der Waals surface area contributed by atoms with Crippen LogP contribution in [-0.4, -0.2) is 17.1 Å². The lowest BCUT2D eigenvalue weighted by atomic mass is 10.3. The van der Waals surface area contributed by atoms with Crippen molar-refractivity contribution in [3.8, 4) is 5.75 Å². The van der Waals surface area contributed by atoms with Gasteiger partial charge in [0.25, 0.3) is 5.91 Å². The Morgan fingerprint density at radius 1 is 1.28 bits per heavy atom. The lowest BCUT2D eigenvalue weighted by Gasteiger charge is -2.03. The molecule has 1 aromatic heterocycles. The van der Waals surface area contributed by atoms with Crippen LogP contribution in [0.15, 0.2) is 41.4 Å². The average Bonchev–Trinajstić information content (AvgIpc) is 2.91. The number of thiazole rings is 1. The minimum absolute atomic E-state index is 0.235. The van der Waals surface area contributed by atoms with Gasteiger partial charge < -0.3 is 9.30 Å². The highest BCUT2D eigenvalue weighted by molar-refractivity contribution is 7.16. The van der Waals surface area contributed by atoms with Gasteiger partial charge in [-0.1, -0.05) is 22.9 Å². The molecule has 0 radical (unpaired) electrons. The van der Waals surface area contributed by atoms with Crippen molar-refractivity contribution in [1.82, 2.24) is 4.57 Å². The van der Waals surface area contributed by atoms with Crippen molar-refractivity contribution < 1.29 is 18.3 Å². The number of hydrogen-bond donors (Lipinski definition) is 0. The predicted molar refractivity (Wildman–Crippen MR) is 92.9 cm³/mol. The monoisotopic (exact) mass is 382 g/mol. The molecule has 0 atom stereocenters. The van der Waals surface area contributed by atoms with E-state index in [4.69, 9.17) is 16.3 Å². The number of benzene rings is 2. The summed E-state index contributed by atoms with van der Waals surface area (Å²) >= 11 is 6.83. The smallest absolute Gasteiger partial charge is 0.286 e. The zero-order valence-electron chi connectivity index (χ0n) is 13.1. The molecule has 8 heteroatoms. The van der Waals surface area contributed by atoms with E-state index in [2.05, 4.69) is 4.99 Å². The molecule has 0 bridgehead atoms. The molecule has 3 rings (SSSR count). The van der Waals surface area contributed by atoms with E-state index in [-0.39, 0.29) is 12.1 Å². The molecular weight excluding hydrogens is 370 g/mol. The number of rotatable bonds is 4. The summed E-state index contributed by atoms with van der Waals surface area (Å²) in [5.74, 6) is -1.39. The van der Waals surface area contributed by atoms with Gasteiger partial charge in [-0.2, -0.15) is 4.99 Å². The van der Waals surface area contributed by atoms with Gasteiger partial charge in [0.2, 0.25) is 0 Å². The summed E-state index contributed by atoms with van der Waals surface area (Å²) in [5.41, 5.74) is 0.235. The van der Waals surface area contributed by atoms with Crippen LogP contribution in [0.1, 0.15) is 6.92 Å². The van der Waals surface area contributed by atoms with Crippen molar-refractivity contribution in [2.75, 3.05) is 6.61 Å². The zero-order valence-corrected chi connectivity index (χ0v) is 14.7. The van der Waals surface area contributed by atoms with Gasteiger partial charge in [-0.15, -0.1) is 0 Å². The van der Waals surface area contributed by atoms with Crippen LogP contribution in [0.25, 0.3) is 10.2 Å². The molecular formula is C17H13ClF2N2O2S. The van der Waals surface area contributed by atoms with Crippen LogP contribution in [-0.2, 0) is 11.3 Å². The number of carbonyl (C=O) groups is 1. The van der Waals surface area contributed by atoms with Crippen LogP contribution in [0.3, 0.4) is 0 Å². The number of amides is 1. The van der Waals surface area contributed by atoms with Crippen molar-refractivity contribution in [2.45, 2.75) is 13.5 Å². The molecule has 3 aromatic rings. The molecule has 0 aliphatic carbocycles. The van der Waals surface area contributed by atoms with E-state index in [1.807, 2.05) is 0 Å². The third kappa shape index (κ3) is 3.88. The number of carbonyl (C=O) groups excluding carboxylic acids is 1. The standard InChI is InChI=1S/C17H13ClF2N2O2S/c1-2-22-16-13(20)7-11(19)8-14(16)25-17(22)21-15(23)9-24-12-5-3-10(18)4-6-12/h3-8H,2,9H2,1H3. The molecule has 2 aromatic carbocycles. The fraction of sp³-hybridized carbons (Fsp3) is 0.176. The topological polar surface area (TPSA) is 43.6 Å². The maximum Gasteiger partial charge on any atom is 0.286 e. The largest absolute Gasteiger partial charge is 0.484 e. The summed E-state index contributed by atoms with van der Waals surface area (Å²) < 4.78 is 34.7. The normalized spacial score (nSPS) is 11.9. The number of ether oxygens (including phenoxy) is 1. The Morgan fingerprint density at radius 3 is 2.68 bits per heavy atom. The molecule has 25 heavy (non-hydrogen) atoms. The molecule has 0 spiro atoms. The van der Waals surface area contributed by atoms with E-state index in [0.29, 0.717) is 26.8 Å². The Kier molecular flexibility index (Phi) is 5.15. The van der Waals surface area contributed by atoms with Crippen LogP contribution in [0.5, 0.6) is 5.75 Å². The molecule has 0 aliphatic heterocycles. The van der Waals surface area contributed by atoms with E-state index in [0.717, 1.165) is 17.4 Å². The van der Waals surface area contributed by atoms with Gasteiger partial charge in [-0.25, -0.2) is 8.78 Å². The van der Waals surface area contributed by atoms with Gasteiger partial charge >= 0.3 is 0 Å². The summed E-state index contributed by atoms with van der Waals surface area (Å²) in [7, 11) is 0. The van der Waals surface area contributed by atoms with Crippen LogP contribution >= 0.6 is 22.9 Å². The maximum atomic E-state index is 14.0. The highest BCUT2D eigenvalue weighted by Crippen LogP contribution is 2.22. The Bertz CT molecular complexity index is 996. The van der Waals surface area contributed by atoms with Crippen molar-refractivity contribution in [2.24, 2.45) is 4.99 Å². The minimum Gasteiger partial charge on any atom is -0.484 e. The Balaban J connectivity index is 1.88. The van der Waals surface area contributed by atoms with Crippen LogP contribution in [0, 0.1) is 11.6 Å². The van der Waals surface area contributed by atoms with Gasteiger partial charge in [0, 0.05) is 17.6 Å². The maximum absolute atomic E-state index is 14.0. The lowest BCUT2D eigenvalue weighted by molar-refractivity contribution is -0.120. The zero-order chi connectivity index (χ0) is 18.0. The van der Waals surface area contributed by atoms with Crippen molar-refractivity contribution in [1.29, 1.82) is 0 Å². The Morgan fingerprint density at radius 2 is 2.00 bits per heavy atom. The second-order valence-corrected chi connectivity index (χ2v) is 6.56. The molecule has 0 fully saturated rings. The van der Waals surface area contributed by atoms with Gasteiger partial charge in [-0.3, -0.25) is 4.79 Å². The summed E-state index contributed by atoms with van der Waals surface area (Å²) in [6.45, 7) is 1.92. The summed E-state index contributed by atoms with van der Waals surface area (Å²) in [6.07, 6.45) is 0. The fourth-order valence-electron chi connectivity index (χ4n) is 2.32. The SMILES string of the molecule is CCn1c(=NC(=O)COc2ccc(Cl)cc2)sc2cc(F)cc(F)c21. The number of aromatic nitrogens is 1. The van der Waals surface area contributed by atoms with E-state index in [1.165, 1.54) is 10.6 Å². The highest BCUT2D eigenvalue weighted by Gasteiger charge is 2.13. The van der Waals surface area contributed by atoms with Gasteiger partial charge in [0.05, 0.1) is 10.2 Å². The van der Waals surface area contributed by atoms with Crippen LogP contribution in [0.4, 0.5) is 8.78 Å². The number of hydrogen-bond acceptors (Lipinski definition) is 3. The third-order valence-electron chi connectivity index (χ3n) is 3.41. The molecule has 0 saturated carbocycles.